The van der Waals surface area contributed by atoms with Crippen LogP contribution in [0.5, 0.6) is 11.5 Å². The Bertz CT molecular complexity index is 564. The molecule has 102 valence electrons. The van der Waals surface area contributed by atoms with Gasteiger partial charge in [-0.1, -0.05) is 22.0 Å². The van der Waals surface area contributed by atoms with Crippen molar-refractivity contribution < 1.29 is 9.84 Å². The molecule has 0 unspecified atom stereocenters. The van der Waals surface area contributed by atoms with Crippen molar-refractivity contribution >= 4 is 15.9 Å². The van der Waals surface area contributed by atoms with Gasteiger partial charge in [-0.3, -0.25) is 4.68 Å². The van der Waals surface area contributed by atoms with Gasteiger partial charge in [-0.05, 0) is 38.5 Å². The van der Waals surface area contributed by atoms with Crippen LogP contribution in [0.25, 0.3) is 0 Å². The van der Waals surface area contributed by atoms with Crippen LogP contribution in [0, 0.1) is 0 Å². The number of rotatable bonds is 4. The summed E-state index contributed by atoms with van der Waals surface area (Å²) in [5.41, 5.74) is 0.838. The smallest absolute Gasteiger partial charge is 0.165 e. The lowest BCUT2D eigenvalue weighted by atomic mass is 10.1. The lowest BCUT2D eigenvalue weighted by Crippen LogP contribution is -1.99. The van der Waals surface area contributed by atoms with Crippen molar-refractivity contribution in [3.8, 4) is 11.5 Å². The van der Waals surface area contributed by atoms with E-state index in [-0.39, 0.29) is 0 Å². The Morgan fingerprint density at radius 2 is 2.00 bits per heavy atom. The van der Waals surface area contributed by atoms with Gasteiger partial charge in [0, 0.05) is 10.5 Å². The monoisotopic (exact) mass is 324 g/mol. The number of aromatic nitrogens is 2. The quantitative estimate of drug-likeness (QED) is 0.922. The summed E-state index contributed by atoms with van der Waals surface area (Å²) in [6, 6.07) is 5.83. The minimum atomic E-state index is -0.507. The highest BCUT2D eigenvalue weighted by Gasteiger charge is 2.09. The molecule has 1 heterocycles. The molecular weight excluding hydrogens is 308 g/mol. The maximum Gasteiger partial charge on any atom is 0.165 e. The summed E-state index contributed by atoms with van der Waals surface area (Å²) in [7, 11) is 0. The Labute approximate surface area is 121 Å². The van der Waals surface area contributed by atoms with Crippen LogP contribution in [-0.2, 0) is 0 Å². The van der Waals surface area contributed by atoms with Gasteiger partial charge in [0.05, 0.1) is 18.5 Å². The predicted molar refractivity (Wildman–Crippen MR) is 77.5 cm³/mol. The zero-order valence-corrected chi connectivity index (χ0v) is 12.8. The van der Waals surface area contributed by atoms with Crippen molar-refractivity contribution in [1.29, 1.82) is 0 Å². The molecule has 0 spiro atoms. The van der Waals surface area contributed by atoms with Gasteiger partial charge in [-0.2, -0.15) is 5.10 Å². The average Bonchev–Trinajstić information content (AvgIpc) is 2.77. The fourth-order valence-corrected chi connectivity index (χ4v) is 2.39. The Hall–Kier alpha value is -1.33. The molecule has 0 amide bonds. The minimum Gasteiger partial charge on any atom is -0.454 e. The molecular formula is C14H17BrN2O2. The van der Waals surface area contributed by atoms with Crippen molar-refractivity contribution in [3.05, 3.63) is 40.6 Å². The largest absolute Gasteiger partial charge is 0.454 e. The maximum atomic E-state index is 9.57. The van der Waals surface area contributed by atoms with E-state index in [0.717, 1.165) is 10.0 Å². The fourth-order valence-electron chi connectivity index (χ4n) is 1.70. The molecule has 19 heavy (non-hydrogen) atoms. The average molecular weight is 325 g/mol. The van der Waals surface area contributed by atoms with Crippen molar-refractivity contribution in [3.63, 3.8) is 0 Å². The minimum absolute atomic E-state index is 0.307. The number of benzene rings is 1. The van der Waals surface area contributed by atoms with Crippen LogP contribution in [0.4, 0.5) is 0 Å². The third-order valence-corrected chi connectivity index (χ3v) is 3.45. The maximum absolute atomic E-state index is 9.57. The number of hydrogen-bond acceptors (Lipinski definition) is 3. The standard InChI is InChI=1S/C14H17BrN2O2/c1-9(2)17-8-12(7-16-17)19-11-4-5-13(10(3)18)14(15)6-11/h4-10,18H,1-3H3/t10-/m1/s1. The topological polar surface area (TPSA) is 47.3 Å². The highest BCUT2D eigenvalue weighted by atomic mass is 79.9. The summed E-state index contributed by atoms with van der Waals surface area (Å²) >= 11 is 3.43. The summed E-state index contributed by atoms with van der Waals surface area (Å²) in [5.74, 6) is 1.41. The molecule has 0 saturated heterocycles. The number of ether oxygens (including phenoxy) is 1. The van der Waals surface area contributed by atoms with E-state index >= 15 is 0 Å². The molecule has 4 nitrogen and oxygen atoms in total. The first-order valence-corrected chi connectivity index (χ1v) is 6.96. The Morgan fingerprint density at radius 3 is 2.53 bits per heavy atom. The fraction of sp³-hybridized carbons (Fsp3) is 0.357. The molecule has 0 fully saturated rings. The third-order valence-electron chi connectivity index (χ3n) is 2.76. The Morgan fingerprint density at radius 1 is 1.26 bits per heavy atom. The molecule has 5 heteroatoms. The molecule has 1 atom stereocenters. The Balaban J connectivity index is 2.16. The molecule has 0 aliphatic carbocycles. The van der Waals surface area contributed by atoms with E-state index in [0.29, 0.717) is 17.5 Å². The van der Waals surface area contributed by atoms with Crippen molar-refractivity contribution in [2.45, 2.75) is 32.9 Å². The van der Waals surface area contributed by atoms with Crippen LogP contribution in [0.2, 0.25) is 0 Å². The van der Waals surface area contributed by atoms with E-state index in [4.69, 9.17) is 4.74 Å². The summed E-state index contributed by atoms with van der Waals surface area (Å²) in [5, 5.41) is 13.8. The first-order valence-electron chi connectivity index (χ1n) is 6.17. The summed E-state index contributed by atoms with van der Waals surface area (Å²) in [6.07, 6.45) is 3.05. The van der Waals surface area contributed by atoms with Gasteiger partial charge < -0.3 is 9.84 Å². The molecule has 2 rings (SSSR count). The van der Waals surface area contributed by atoms with Crippen LogP contribution < -0.4 is 4.74 Å². The summed E-state index contributed by atoms with van der Waals surface area (Å²) in [4.78, 5) is 0. The Kier molecular flexibility index (Phi) is 4.27. The molecule has 1 aromatic carbocycles. The summed E-state index contributed by atoms with van der Waals surface area (Å²) < 4.78 is 8.40. The predicted octanol–water partition coefficient (Wildman–Crippen LogP) is 4.07. The molecule has 1 aromatic heterocycles. The van der Waals surface area contributed by atoms with Gasteiger partial charge in [-0.15, -0.1) is 0 Å². The van der Waals surface area contributed by atoms with Crippen LogP contribution in [0.1, 0.15) is 38.5 Å². The van der Waals surface area contributed by atoms with E-state index in [1.54, 1.807) is 13.1 Å². The van der Waals surface area contributed by atoms with Gasteiger partial charge in [0.2, 0.25) is 0 Å². The highest BCUT2D eigenvalue weighted by Crippen LogP contribution is 2.30. The SMILES string of the molecule is CC(C)n1cc(Oc2ccc([C@@H](C)O)c(Br)c2)cn1. The first-order chi connectivity index (χ1) is 8.97. The van der Waals surface area contributed by atoms with E-state index in [1.165, 1.54) is 0 Å². The number of halogens is 1. The van der Waals surface area contributed by atoms with E-state index < -0.39 is 6.10 Å². The molecule has 0 bridgehead atoms. The lowest BCUT2D eigenvalue weighted by Gasteiger charge is -2.09. The zero-order valence-electron chi connectivity index (χ0n) is 11.2. The number of hydrogen-bond donors (Lipinski definition) is 1. The number of aliphatic hydroxyl groups is 1. The van der Waals surface area contributed by atoms with Crippen molar-refractivity contribution in [1.82, 2.24) is 9.78 Å². The van der Waals surface area contributed by atoms with Crippen LogP contribution in [-0.4, -0.2) is 14.9 Å². The number of aliphatic hydroxyl groups excluding tert-OH is 1. The lowest BCUT2D eigenvalue weighted by molar-refractivity contribution is 0.198. The molecule has 0 radical (unpaired) electrons. The van der Waals surface area contributed by atoms with E-state index in [9.17, 15) is 5.11 Å². The number of nitrogens with zero attached hydrogens (tertiary/aromatic N) is 2. The van der Waals surface area contributed by atoms with Crippen LogP contribution in [0.15, 0.2) is 35.1 Å². The van der Waals surface area contributed by atoms with Gasteiger partial charge in [0.25, 0.3) is 0 Å². The van der Waals surface area contributed by atoms with Crippen LogP contribution >= 0.6 is 15.9 Å². The molecule has 0 saturated carbocycles. The van der Waals surface area contributed by atoms with Gasteiger partial charge in [0.1, 0.15) is 5.75 Å². The van der Waals surface area contributed by atoms with Gasteiger partial charge in [-0.25, -0.2) is 0 Å². The molecule has 0 aliphatic rings. The van der Waals surface area contributed by atoms with E-state index in [2.05, 4.69) is 34.9 Å². The highest BCUT2D eigenvalue weighted by molar-refractivity contribution is 9.10. The van der Waals surface area contributed by atoms with Gasteiger partial charge >= 0.3 is 0 Å². The molecule has 0 aliphatic heterocycles. The van der Waals surface area contributed by atoms with Crippen molar-refractivity contribution in [2.75, 3.05) is 0 Å². The van der Waals surface area contributed by atoms with Gasteiger partial charge in [0.15, 0.2) is 5.75 Å². The summed E-state index contributed by atoms with van der Waals surface area (Å²) in [6.45, 7) is 5.85. The third kappa shape index (κ3) is 3.36. The van der Waals surface area contributed by atoms with E-state index in [1.807, 2.05) is 29.1 Å². The second kappa shape index (κ2) is 5.75. The second-order valence-corrected chi connectivity index (χ2v) is 5.57. The normalized spacial score (nSPS) is 12.7. The molecule has 1 N–H and O–H groups in total. The zero-order chi connectivity index (χ0) is 14.0. The molecule has 2 aromatic rings. The van der Waals surface area contributed by atoms with Crippen molar-refractivity contribution in [2.24, 2.45) is 0 Å². The van der Waals surface area contributed by atoms with Crippen LogP contribution in [0.3, 0.4) is 0 Å². The second-order valence-electron chi connectivity index (χ2n) is 4.71. The first kappa shape index (κ1) is 14.1.